The Hall–Kier alpha value is -0.183. The Morgan fingerprint density at radius 1 is 1.11 bits per heavy atom. The van der Waals surface area contributed by atoms with Gasteiger partial charge in [0.25, 0.3) is 0 Å². The fourth-order valence-corrected chi connectivity index (χ4v) is 3.75. The van der Waals surface area contributed by atoms with Gasteiger partial charge in [0.2, 0.25) is 0 Å². The molecular weight excluding hydrogens is 391 g/mol. The van der Waals surface area contributed by atoms with Gasteiger partial charge in [0, 0.05) is 19.1 Å². The van der Waals surface area contributed by atoms with Crippen LogP contribution >= 0.6 is 0 Å². The van der Waals surface area contributed by atoms with Crippen molar-refractivity contribution >= 4 is 19.3 Å². The van der Waals surface area contributed by atoms with Crippen LogP contribution in [0, 0.1) is 0 Å². The Labute approximate surface area is 167 Å². The van der Waals surface area contributed by atoms with Gasteiger partial charge in [-0.15, -0.1) is 0 Å². The largest absolute Gasteiger partial charge is 0.417 e. The van der Waals surface area contributed by atoms with Gasteiger partial charge in [-0.25, -0.2) is 8.93 Å². The molecule has 0 amide bonds. The molecule has 8 heteroatoms. The number of halogens is 3. The molecule has 0 aliphatic rings. The molecule has 1 N–H and O–H groups in total. The summed E-state index contributed by atoms with van der Waals surface area (Å²) in [6.45, 7) is 17.0. The number of hydrogen-bond donors (Lipinski definition) is 1. The highest BCUT2D eigenvalue weighted by Gasteiger charge is 2.36. The van der Waals surface area contributed by atoms with Crippen LogP contribution in [0.3, 0.4) is 0 Å². The molecule has 0 aromatic heterocycles. The first-order chi connectivity index (χ1) is 12.0. The summed E-state index contributed by atoms with van der Waals surface area (Å²) in [5.41, 5.74) is 0. The highest BCUT2D eigenvalue weighted by atomic mass is 32.2. The minimum absolute atomic E-state index is 0.123. The van der Waals surface area contributed by atoms with Crippen molar-refractivity contribution in [3.8, 4) is 0 Å². The van der Waals surface area contributed by atoms with Crippen LogP contribution < -0.4 is 4.72 Å². The summed E-state index contributed by atoms with van der Waals surface area (Å²) in [4.78, 5) is 0. The molecule has 0 aliphatic carbocycles. The summed E-state index contributed by atoms with van der Waals surface area (Å²) >= 11 is 0. The molecule has 0 aromatic rings. The van der Waals surface area contributed by atoms with E-state index in [0.29, 0.717) is 6.61 Å². The standard InChI is InChI=1S/C19H38F3NO2SSi/c1-17(2,3)26(24)23-16(13-14-19(20,21)22)12-10-9-11-15-25-27(7,8)18(4,5)6/h10,12,16,23H,9,11,13-15H2,1-8H3/b12-10+/t16-,26+/m1/s1. The predicted octanol–water partition coefficient (Wildman–Crippen LogP) is 6.11. The summed E-state index contributed by atoms with van der Waals surface area (Å²) < 4.78 is 58.2. The summed E-state index contributed by atoms with van der Waals surface area (Å²) in [5, 5.41) is 0.159. The molecule has 162 valence electrons. The topological polar surface area (TPSA) is 38.3 Å². The second-order valence-corrected chi connectivity index (χ2v) is 16.2. The minimum Gasteiger partial charge on any atom is -0.417 e. The molecule has 0 aromatic carbocycles. The van der Waals surface area contributed by atoms with Crippen molar-refractivity contribution in [2.45, 2.75) is 102 Å². The summed E-state index contributed by atoms with van der Waals surface area (Å²) in [6, 6.07) is -0.562. The van der Waals surface area contributed by atoms with Gasteiger partial charge in [0.05, 0.1) is 15.7 Å². The first kappa shape index (κ1) is 26.8. The maximum absolute atomic E-state index is 12.5. The number of rotatable bonds is 10. The molecule has 0 aliphatic heterocycles. The van der Waals surface area contributed by atoms with E-state index in [2.05, 4.69) is 38.6 Å². The fourth-order valence-electron chi connectivity index (χ4n) is 1.83. The number of alkyl halides is 3. The number of hydrogen-bond acceptors (Lipinski definition) is 2. The van der Waals surface area contributed by atoms with Crippen molar-refractivity contribution in [1.82, 2.24) is 4.72 Å². The lowest BCUT2D eigenvalue weighted by Gasteiger charge is -2.36. The molecule has 3 nitrogen and oxygen atoms in total. The summed E-state index contributed by atoms with van der Waals surface area (Å²) in [6.07, 6.45) is -0.121. The van der Waals surface area contributed by atoms with E-state index in [1.807, 2.05) is 6.08 Å². The van der Waals surface area contributed by atoms with E-state index in [0.717, 1.165) is 12.8 Å². The van der Waals surface area contributed by atoms with Crippen LogP contribution in [0.5, 0.6) is 0 Å². The quantitative estimate of drug-likeness (QED) is 0.258. The van der Waals surface area contributed by atoms with Crippen LogP contribution in [0.1, 0.15) is 67.2 Å². The van der Waals surface area contributed by atoms with Gasteiger partial charge in [-0.1, -0.05) is 32.9 Å². The molecule has 2 atom stereocenters. The molecule has 0 rings (SSSR count). The number of unbranched alkanes of at least 4 members (excludes halogenated alkanes) is 1. The zero-order valence-corrected chi connectivity index (χ0v) is 19.9. The van der Waals surface area contributed by atoms with Gasteiger partial charge in [0.15, 0.2) is 8.32 Å². The lowest BCUT2D eigenvalue weighted by molar-refractivity contribution is -0.135. The first-order valence-electron chi connectivity index (χ1n) is 9.51. The zero-order chi connectivity index (χ0) is 21.5. The maximum atomic E-state index is 12.5. The Balaban J connectivity index is 4.58. The fraction of sp³-hybridized carbons (Fsp3) is 0.895. The van der Waals surface area contributed by atoms with Crippen LogP contribution in [-0.2, 0) is 15.4 Å². The van der Waals surface area contributed by atoms with Gasteiger partial charge in [0.1, 0.15) is 0 Å². The van der Waals surface area contributed by atoms with Gasteiger partial charge >= 0.3 is 6.18 Å². The monoisotopic (exact) mass is 429 g/mol. The second-order valence-electron chi connectivity index (χ2n) is 9.44. The third-order valence-corrected chi connectivity index (χ3v) is 10.9. The van der Waals surface area contributed by atoms with E-state index < -0.39 is 42.7 Å². The molecular formula is C19H38F3NO2SSi. The van der Waals surface area contributed by atoms with Crippen molar-refractivity contribution < 1.29 is 21.8 Å². The van der Waals surface area contributed by atoms with E-state index in [9.17, 15) is 17.4 Å². The van der Waals surface area contributed by atoms with Gasteiger partial charge in [-0.2, -0.15) is 13.2 Å². The van der Waals surface area contributed by atoms with E-state index in [4.69, 9.17) is 4.43 Å². The highest BCUT2D eigenvalue weighted by Crippen LogP contribution is 2.36. The molecule has 0 saturated heterocycles. The molecule has 0 fully saturated rings. The van der Waals surface area contributed by atoms with Crippen molar-refractivity contribution in [3.63, 3.8) is 0 Å². The van der Waals surface area contributed by atoms with Crippen LogP contribution in [0.4, 0.5) is 13.2 Å². The third-order valence-electron chi connectivity index (χ3n) is 4.71. The van der Waals surface area contributed by atoms with Gasteiger partial charge in [-0.05, 0) is 58.2 Å². The summed E-state index contributed by atoms with van der Waals surface area (Å²) in [7, 11) is -3.18. The van der Waals surface area contributed by atoms with E-state index in [1.165, 1.54) is 0 Å². The van der Waals surface area contributed by atoms with Crippen molar-refractivity contribution in [2.24, 2.45) is 0 Å². The maximum Gasteiger partial charge on any atom is 0.389 e. The molecule has 27 heavy (non-hydrogen) atoms. The van der Waals surface area contributed by atoms with E-state index in [-0.39, 0.29) is 11.5 Å². The van der Waals surface area contributed by atoms with Crippen LogP contribution in [0.15, 0.2) is 12.2 Å². The molecule has 0 heterocycles. The smallest absolute Gasteiger partial charge is 0.389 e. The Bertz CT molecular complexity index is 495. The van der Waals surface area contributed by atoms with Gasteiger partial charge < -0.3 is 4.43 Å². The number of allylic oxidation sites excluding steroid dienone is 1. The third kappa shape index (κ3) is 12.1. The Morgan fingerprint density at radius 2 is 1.67 bits per heavy atom. The Kier molecular flexibility index (Phi) is 10.5. The lowest BCUT2D eigenvalue weighted by Crippen LogP contribution is -2.40. The average Bonchev–Trinajstić information content (AvgIpc) is 2.44. The second kappa shape index (κ2) is 10.6. The van der Waals surface area contributed by atoms with E-state index >= 15 is 0 Å². The normalized spacial score (nSPS) is 16.7. The molecule has 0 saturated carbocycles. The molecule has 0 spiro atoms. The predicted molar refractivity (Wildman–Crippen MR) is 112 cm³/mol. The average molecular weight is 430 g/mol. The van der Waals surface area contributed by atoms with Gasteiger partial charge in [-0.3, -0.25) is 0 Å². The zero-order valence-electron chi connectivity index (χ0n) is 18.1. The highest BCUT2D eigenvalue weighted by molar-refractivity contribution is 7.84. The summed E-state index contributed by atoms with van der Waals surface area (Å²) in [5.74, 6) is 0. The molecule has 0 unspecified atom stereocenters. The van der Waals surface area contributed by atoms with Crippen LogP contribution in [0.2, 0.25) is 18.1 Å². The van der Waals surface area contributed by atoms with Crippen molar-refractivity contribution in [2.75, 3.05) is 6.61 Å². The SMILES string of the molecule is CC(C)(C)[S@](=O)N[C@H](/C=C/CCCO[Si](C)(C)C(C)(C)C)CCC(F)(F)F. The number of nitrogens with one attached hydrogen (secondary N) is 1. The van der Waals surface area contributed by atoms with Crippen LogP contribution in [-0.4, -0.2) is 36.1 Å². The lowest BCUT2D eigenvalue weighted by atomic mass is 10.1. The minimum atomic E-state index is -4.21. The Morgan fingerprint density at radius 3 is 2.11 bits per heavy atom. The van der Waals surface area contributed by atoms with Crippen LogP contribution in [0.25, 0.3) is 0 Å². The van der Waals surface area contributed by atoms with Crippen molar-refractivity contribution in [1.29, 1.82) is 0 Å². The molecule has 0 radical (unpaired) electrons. The van der Waals surface area contributed by atoms with Crippen molar-refractivity contribution in [3.05, 3.63) is 12.2 Å². The van der Waals surface area contributed by atoms with E-state index in [1.54, 1.807) is 26.8 Å². The first-order valence-corrected chi connectivity index (χ1v) is 13.6. The molecule has 0 bridgehead atoms.